The minimum atomic E-state index is -3.87. The number of aryl methyl sites for hydroxylation is 2. The van der Waals surface area contributed by atoms with E-state index < -0.39 is 15.9 Å². The van der Waals surface area contributed by atoms with Gasteiger partial charge in [-0.1, -0.05) is 6.07 Å². The minimum Gasteiger partial charge on any atom is -0.364 e. The van der Waals surface area contributed by atoms with Crippen LogP contribution in [0.3, 0.4) is 0 Å². The molecule has 4 N–H and O–H groups in total. The molecule has 1 heterocycles. The van der Waals surface area contributed by atoms with Gasteiger partial charge in [0.15, 0.2) is 5.69 Å². The first-order chi connectivity index (χ1) is 9.72. The van der Waals surface area contributed by atoms with Crippen LogP contribution in [0.2, 0.25) is 0 Å². The molecule has 0 bridgehead atoms. The van der Waals surface area contributed by atoms with Crippen molar-refractivity contribution < 1.29 is 13.2 Å². The zero-order valence-electron chi connectivity index (χ0n) is 11.3. The number of halogens is 1. The molecule has 0 spiro atoms. The predicted molar refractivity (Wildman–Crippen MR) is 81.5 cm³/mol. The van der Waals surface area contributed by atoms with Gasteiger partial charge in [0.1, 0.15) is 10.6 Å². The molecule has 7 nitrogen and oxygen atoms in total. The molecular weight excluding hydrogens is 360 g/mol. The molecule has 0 atom stereocenters. The van der Waals surface area contributed by atoms with Gasteiger partial charge in [-0.25, -0.2) is 8.42 Å². The van der Waals surface area contributed by atoms with Gasteiger partial charge in [0.2, 0.25) is 0 Å². The molecule has 1 amide bonds. The van der Waals surface area contributed by atoms with Crippen molar-refractivity contribution in [3.63, 3.8) is 0 Å². The second-order valence-corrected chi connectivity index (χ2v) is 6.98. The summed E-state index contributed by atoms with van der Waals surface area (Å²) in [5.41, 5.74) is 6.38. The standard InChI is InChI=1S/C12H13BrN4O3S/c1-6-3-4-9(8(13)5-6)21(19,20)17-10-7(2)15-16-11(10)12(14)18/h3-5,17H,1-2H3,(H2,14,18)(H,15,16). The Morgan fingerprint density at radius 1 is 1.38 bits per heavy atom. The van der Waals surface area contributed by atoms with E-state index in [9.17, 15) is 13.2 Å². The number of hydrogen-bond acceptors (Lipinski definition) is 4. The van der Waals surface area contributed by atoms with E-state index in [0.717, 1.165) is 5.56 Å². The number of nitrogens with one attached hydrogen (secondary N) is 2. The zero-order valence-corrected chi connectivity index (χ0v) is 13.7. The highest BCUT2D eigenvalue weighted by molar-refractivity contribution is 9.10. The van der Waals surface area contributed by atoms with Crippen molar-refractivity contribution in [2.24, 2.45) is 5.73 Å². The fourth-order valence-electron chi connectivity index (χ4n) is 1.75. The number of hydrogen-bond donors (Lipinski definition) is 3. The van der Waals surface area contributed by atoms with Gasteiger partial charge in [-0.2, -0.15) is 5.10 Å². The Bertz CT molecular complexity index is 814. The van der Waals surface area contributed by atoms with Crippen LogP contribution in [-0.4, -0.2) is 24.5 Å². The van der Waals surface area contributed by atoms with Crippen molar-refractivity contribution in [1.29, 1.82) is 0 Å². The molecule has 0 radical (unpaired) electrons. The van der Waals surface area contributed by atoms with Crippen molar-refractivity contribution in [2.75, 3.05) is 4.72 Å². The lowest BCUT2D eigenvalue weighted by molar-refractivity contribution is 0.0996. The van der Waals surface area contributed by atoms with Crippen LogP contribution < -0.4 is 10.5 Å². The van der Waals surface area contributed by atoms with Crippen LogP contribution >= 0.6 is 15.9 Å². The van der Waals surface area contributed by atoms with Gasteiger partial charge in [0, 0.05) is 4.47 Å². The molecule has 0 saturated carbocycles. The van der Waals surface area contributed by atoms with Crippen molar-refractivity contribution in [3.05, 3.63) is 39.6 Å². The summed E-state index contributed by atoms with van der Waals surface area (Å²) < 4.78 is 27.6. The molecule has 112 valence electrons. The molecule has 0 unspecified atom stereocenters. The number of nitrogens with two attached hydrogens (primary N) is 1. The van der Waals surface area contributed by atoms with Gasteiger partial charge in [-0.15, -0.1) is 0 Å². The molecule has 0 aliphatic heterocycles. The van der Waals surface area contributed by atoms with Crippen LogP contribution in [-0.2, 0) is 10.0 Å². The smallest absolute Gasteiger partial charge is 0.271 e. The Morgan fingerprint density at radius 3 is 2.62 bits per heavy atom. The normalized spacial score (nSPS) is 11.4. The molecule has 21 heavy (non-hydrogen) atoms. The summed E-state index contributed by atoms with van der Waals surface area (Å²) in [5.74, 6) is -0.819. The molecular formula is C12H13BrN4O3S. The van der Waals surface area contributed by atoms with Crippen molar-refractivity contribution in [1.82, 2.24) is 10.2 Å². The number of primary amides is 1. The summed E-state index contributed by atoms with van der Waals surface area (Å²) in [7, 11) is -3.87. The van der Waals surface area contributed by atoms with E-state index in [0.29, 0.717) is 10.2 Å². The lowest BCUT2D eigenvalue weighted by atomic mass is 10.2. The molecule has 9 heteroatoms. The fourth-order valence-corrected chi connectivity index (χ4v) is 4.07. The Labute approximate surface area is 130 Å². The molecule has 1 aromatic carbocycles. The number of carbonyl (C=O) groups is 1. The summed E-state index contributed by atoms with van der Waals surface area (Å²) in [6.45, 7) is 3.43. The molecule has 2 aromatic rings. The van der Waals surface area contributed by atoms with Crippen LogP contribution in [0.15, 0.2) is 27.6 Å². The Balaban J connectivity index is 2.47. The largest absolute Gasteiger partial charge is 0.364 e. The van der Waals surface area contributed by atoms with Gasteiger partial charge < -0.3 is 5.73 Å². The number of rotatable bonds is 4. The first-order valence-corrected chi connectivity index (χ1v) is 8.13. The quantitative estimate of drug-likeness (QED) is 0.756. The fraction of sp³-hybridized carbons (Fsp3) is 0.167. The summed E-state index contributed by atoms with van der Waals surface area (Å²) in [6.07, 6.45) is 0. The van der Waals surface area contributed by atoms with E-state index in [1.807, 2.05) is 6.92 Å². The minimum absolute atomic E-state index is 0.0509. The van der Waals surface area contributed by atoms with Gasteiger partial charge in [-0.3, -0.25) is 14.6 Å². The highest BCUT2D eigenvalue weighted by atomic mass is 79.9. The molecule has 0 aliphatic carbocycles. The van der Waals surface area contributed by atoms with Gasteiger partial charge in [0.05, 0.1) is 5.69 Å². The monoisotopic (exact) mass is 372 g/mol. The number of carbonyl (C=O) groups excluding carboxylic acids is 1. The predicted octanol–water partition coefficient (Wildman–Crippen LogP) is 1.69. The number of benzene rings is 1. The van der Waals surface area contributed by atoms with Crippen molar-refractivity contribution >= 4 is 37.5 Å². The first-order valence-electron chi connectivity index (χ1n) is 5.86. The number of amides is 1. The van der Waals surface area contributed by atoms with Crippen LogP contribution in [0.1, 0.15) is 21.7 Å². The average molecular weight is 373 g/mol. The van der Waals surface area contributed by atoms with E-state index in [-0.39, 0.29) is 16.3 Å². The van der Waals surface area contributed by atoms with E-state index in [2.05, 4.69) is 30.8 Å². The zero-order chi connectivity index (χ0) is 15.8. The first kappa shape index (κ1) is 15.5. The van der Waals surface area contributed by atoms with E-state index >= 15 is 0 Å². The Morgan fingerprint density at radius 2 is 2.05 bits per heavy atom. The second-order valence-electron chi connectivity index (χ2n) is 4.48. The molecule has 0 saturated heterocycles. The SMILES string of the molecule is Cc1ccc(S(=O)(=O)Nc2c(C(N)=O)n[nH]c2C)c(Br)c1. The summed E-state index contributed by atoms with van der Waals surface area (Å²) in [5, 5.41) is 6.22. The number of nitrogens with zero attached hydrogens (tertiary/aromatic N) is 1. The third-order valence-corrected chi connectivity index (χ3v) is 5.12. The molecule has 1 aromatic heterocycles. The third-order valence-electron chi connectivity index (χ3n) is 2.79. The number of anilines is 1. The van der Waals surface area contributed by atoms with Gasteiger partial charge in [-0.05, 0) is 47.5 Å². The summed E-state index contributed by atoms with van der Waals surface area (Å²) >= 11 is 3.22. The van der Waals surface area contributed by atoms with E-state index in [1.165, 1.54) is 6.07 Å². The van der Waals surface area contributed by atoms with Crippen LogP contribution in [0.25, 0.3) is 0 Å². The highest BCUT2D eigenvalue weighted by Gasteiger charge is 2.23. The molecule has 0 fully saturated rings. The highest BCUT2D eigenvalue weighted by Crippen LogP contribution is 2.27. The maximum Gasteiger partial charge on any atom is 0.271 e. The molecule has 0 aliphatic rings. The maximum absolute atomic E-state index is 12.4. The summed E-state index contributed by atoms with van der Waals surface area (Å²) in [6, 6.07) is 4.84. The third kappa shape index (κ3) is 3.08. The molecule has 2 rings (SSSR count). The van der Waals surface area contributed by atoms with Crippen molar-refractivity contribution in [2.45, 2.75) is 18.7 Å². The van der Waals surface area contributed by atoms with Crippen molar-refractivity contribution in [3.8, 4) is 0 Å². The second kappa shape index (κ2) is 5.49. The maximum atomic E-state index is 12.4. The summed E-state index contributed by atoms with van der Waals surface area (Å²) in [4.78, 5) is 11.3. The number of H-pyrrole nitrogens is 1. The van der Waals surface area contributed by atoms with Crippen LogP contribution in [0.5, 0.6) is 0 Å². The lowest BCUT2D eigenvalue weighted by Crippen LogP contribution is -2.19. The van der Waals surface area contributed by atoms with Crippen LogP contribution in [0.4, 0.5) is 5.69 Å². The van der Waals surface area contributed by atoms with E-state index in [4.69, 9.17) is 5.73 Å². The van der Waals surface area contributed by atoms with E-state index in [1.54, 1.807) is 19.1 Å². The number of aromatic nitrogens is 2. The van der Waals surface area contributed by atoms with Gasteiger partial charge in [0.25, 0.3) is 15.9 Å². The number of aromatic amines is 1. The topological polar surface area (TPSA) is 118 Å². The Hall–Kier alpha value is -1.87. The Kier molecular flexibility index (Phi) is 4.06. The number of sulfonamides is 1. The lowest BCUT2D eigenvalue weighted by Gasteiger charge is -2.10. The average Bonchev–Trinajstić information content (AvgIpc) is 2.70. The van der Waals surface area contributed by atoms with Gasteiger partial charge >= 0.3 is 0 Å². The van der Waals surface area contributed by atoms with Crippen LogP contribution in [0, 0.1) is 13.8 Å².